The molecule has 152 valence electrons. The lowest BCUT2D eigenvalue weighted by atomic mass is 9.79. The van der Waals surface area contributed by atoms with Gasteiger partial charge in [-0.2, -0.15) is 0 Å². The number of hydrogen-bond acceptors (Lipinski definition) is 5. The third-order valence-electron chi connectivity index (χ3n) is 7.57. The van der Waals surface area contributed by atoms with Crippen molar-refractivity contribution in [3.05, 3.63) is 18.3 Å². The van der Waals surface area contributed by atoms with Gasteiger partial charge in [0.15, 0.2) is 0 Å². The molecule has 4 aliphatic heterocycles. The van der Waals surface area contributed by atoms with E-state index in [0.29, 0.717) is 19.3 Å². The Balaban J connectivity index is 1.25. The van der Waals surface area contributed by atoms with Gasteiger partial charge in [0.2, 0.25) is 5.91 Å². The summed E-state index contributed by atoms with van der Waals surface area (Å²) in [5.74, 6) is 1.06. The van der Waals surface area contributed by atoms with Crippen LogP contribution in [0.3, 0.4) is 0 Å². The molecule has 0 aliphatic carbocycles. The molecule has 2 atom stereocenters. The van der Waals surface area contributed by atoms with Crippen molar-refractivity contribution < 1.29 is 9.53 Å². The van der Waals surface area contributed by atoms with Crippen LogP contribution in [0.1, 0.15) is 45.4 Å². The van der Waals surface area contributed by atoms with Crippen molar-refractivity contribution >= 4 is 17.4 Å². The van der Waals surface area contributed by atoms with Crippen molar-refractivity contribution in [1.29, 1.82) is 0 Å². The first-order chi connectivity index (χ1) is 13.7. The van der Waals surface area contributed by atoms with Crippen LogP contribution < -0.4 is 9.80 Å². The molecule has 1 aromatic heterocycles. The topological polar surface area (TPSA) is 48.9 Å². The Morgan fingerprint density at radius 1 is 1.11 bits per heavy atom. The molecule has 0 N–H and O–H groups in total. The Labute approximate surface area is 167 Å². The SMILES string of the molecule is CC1CCCN1C1CCN(c2ccc(N3CCC4(CCOCC4)C3=O)nc2)C1. The van der Waals surface area contributed by atoms with Gasteiger partial charge in [0, 0.05) is 44.9 Å². The van der Waals surface area contributed by atoms with Crippen LogP contribution in [-0.4, -0.2) is 67.3 Å². The summed E-state index contributed by atoms with van der Waals surface area (Å²) in [4.78, 5) is 24.8. The van der Waals surface area contributed by atoms with E-state index in [4.69, 9.17) is 4.74 Å². The van der Waals surface area contributed by atoms with E-state index in [1.165, 1.54) is 31.5 Å². The summed E-state index contributed by atoms with van der Waals surface area (Å²) in [6.45, 7) is 8.00. The van der Waals surface area contributed by atoms with Crippen LogP contribution in [0.5, 0.6) is 0 Å². The minimum atomic E-state index is -0.201. The van der Waals surface area contributed by atoms with Crippen molar-refractivity contribution in [3.63, 3.8) is 0 Å². The second kappa shape index (κ2) is 7.30. The number of pyridine rings is 1. The summed E-state index contributed by atoms with van der Waals surface area (Å²) in [5.41, 5.74) is 0.984. The van der Waals surface area contributed by atoms with Crippen molar-refractivity contribution in [1.82, 2.24) is 9.88 Å². The fourth-order valence-electron chi connectivity index (χ4n) is 5.74. The summed E-state index contributed by atoms with van der Waals surface area (Å²) >= 11 is 0. The van der Waals surface area contributed by atoms with Crippen molar-refractivity contribution in [2.75, 3.05) is 49.2 Å². The van der Waals surface area contributed by atoms with E-state index in [-0.39, 0.29) is 11.3 Å². The van der Waals surface area contributed by atoms with Crippen LogP contribution in [0.15, 0.2) is 18.3 Å². The molecule has 1 amide bonds. The Morgan fingerprint density at radius 2 is 1.96 bits per heavy atom. The Kier molecular flexibility index (Phi) is 4.79. The van der Waals surface area contributed by atoms with E-state index in [1.807, 2.05) is 17.2 Å². The molecule has 1 spiro atoms. The van der Waals surface area contributed by atoms with Crippen LogP contribution in [0, 0.1) is 5.41 Å². The van der Waals surface area contributed by atoms with Gasteiger partial charge in [0.05, 0.1) is 17.3 Å². The number of ether oxygens (including phenoxy) is 1. The Morgan fingerprint density at radius 3 is 2.68 bits per heavy atom. The maximum Gasteiger partial charge on any atom is 0.234 e. The zero-order chi connectivity index (χ0) is 19.1. The van der Waals surface area contributed by atoms with Gasteiger partial charge in [-0.15, -0.1) is 0 Å². The van der Waals surface area contributed by atoms with Crippen molar-refractivity contribution in [2.45, 2.75) is 57.5 Å². The van der Waals surface area contributed by atoms with Crippen molar-refractivity contribution in [3.8, 4) is 0 Å². The largest absolute Gasteiger partial charge is 0.381 e. The zero-order valence-corrected chi connectivity index (χ0v) is 17.0. The van der Waals surface area contributed by atoms with E-state index < -0.39 is 0 Å². The number of nitrogens with zero attached hydrogens (tertiary/aromatic N) is 4. The van der Waals surface area contributed by atoms with E-state index in [9.17, 15) is 4.79 Å². The highest BCUT2D eigenvalue weighted by Crippen LogP contribution is 2.42. The van der Waals surface area contributed by atoms with Gasteiger partial charge in [0.25, 0.3) is 0 Å². The maximum absolute atomic E-state index is 13.1. The molecule has 2 unspecified atom stereocenters. The standard InChI is InChI=1S/C22H32N4O2/c1-17-3-2-10-25(17)19-6-11-24(16-19)18-4-5-20(23-15-18)26-12-7-22(21(26)27)8-13-28-14-9-22/h4-5,15,17,19H,2-3,6-14,16H2,1H3. The number of carbonyl (C=O) groups excluding carboxylic acids is 1. The number of carbonyl (C=O) groups is 1. The lowest BCUT2D eigenvalue weighted by molar-refractivity contribution is -0.130. The lowest BCUT2D eigenvalue weighted by Crippen LogP contribution is -2.39. The molecule has 5 heterocycles. The molecule has 4 saturated heterocycles. The molecule has 4 fully saturated rings. The third kappa shape index (κ3) is 3.11. The summed E-state index contributed by atoms with van der Waals surface area (Å²) in [7, 11) is 0. The second-order valence-electron chi connectivity index (χ2n) is 9.09. The molecule has 28 heavy (non-hydrogen) atoms. The minimum Gasteiger partial charge on any atom is -0.381 e. The highest BCUT2D eigenvalue weighted by atomic mass is 16.5. The van der Waals surface area contributed by atoms with Crippen LogP contribution in [0.4, 0.5) is 11.5 Å². The van der Waals surface area contributed by atoms with Gasteiger partial charge in [0.1, 0.15) is 5.82 Å². The van der Waals surface area contributed by atoms with E-state index in [2.05, 4.69) is 27.8 Å². The van der Waals surface area contributed by atoms with Crippen LogP contribution in [0.25, 0.3) is 0 Å². The predicted molar refractivity (Wildman–Crippen MR) is 110 cm³/mol. The normalized spacial score (nSPS) is 30.7. The molecule has 0 saturated carbocycles. The molecule has 5 rings (SSSR count). The summed E-state index contributed by atoms with van der Waals surface area (Å²) in [6.07, 6.45) is 8.51. The van der Waals surface area contributed by atoms with Crippen molar-refractivity contribution in [2.24, 2.45) is 5.41 Å². The average Bonchev–Trinajstić information content (AvgIpc) is 3.44. The highest BCUT2D eigenvalue weighted by Gasteiger charge is 2.48. The summed E-state index contributed by atoms with van der Waals surface area (Å²) in [6, 6.07) is 5.59. The molecular formula is C22H32N4O2. The number of likely N-dealkylation sites (tertiary alicyclic amines) is 1. The van der Waals surface area contributed by atoms with Gasteiger partial charge in [-0.1, -0.05) is 0 Å². The first-order valence-electron chi connectivity index (χ1n) is 11.0. The average molecular weight is 385 g/mol. The zero-order valence-electron chi connectivity index (χ0n) is 17.0. The van der Waals surface area contributed by atoms with E-state index >= 15 is 0 Å². The molecule has 1 aromatic rings. The molecule has 6 heteroatoms. The van der Waals surface area contributed by atoms with Gasteiger partial charge >= 0.3 is 0 Å². The first kappa shape index (κ1) is 18.4. The molecule has 0 aromatic carbocycles. The van der Waals surface area contributed by atoms with Gasteiger partial charge in [-0.3, -0.25) is 14.6 Å². The lowest BCUT2D eigenvalue weighted by Gasteiger charge is -2.31. The Hall–Kier alpha value is -1.66. The third-order valence-corrected chi connectivity index (χ3v) is 7.57. The van der Waals surface area contributed by atoms with E-state index in [0.717, 1.165) is 50.8 Å². The fourth-order valence-corrected chi connectivity index (χ4v) is 5.74. The van der Waals surface area contributed by atoms with Gasteiger partial charge in [-0.25, -0.2) is 4.98 Å². The van der Waals surface area contributed by atoms with Crippen LogP contribution >= 0.6 is 0 Å². The molecule has 0 bridgehead atoms. The predicted octanol–water partition coefficient (Wildman–Crippen LogP) is 2.68. The smallest absolute Gasteiger partial charge is 0.234 e. The fraction of sp³-hybridized carbons (Fsp3) is 0.727. The summed E-state index contributed by atoms with van der Waals surface area (Å²) in [5, 5.41) is 0. The minimum absolute atomic E-state index is 0.201. The molecule has 6 nitrogen and oxygen atoms in total. The summed E-state index contributed by atoms with van der Waals surface area (Å²) < 4.78 is 5.47. The number of hydrogen-bond donors (Lipinski definition) is 0. The monoisotopic (exact) mass is 384 g/mol. The van der Waals surface area contributed by atoms with Gasteiger partial charge < -0.3 is 9.64 Å². The molecule has 0 radical (unpaired) electrons. The Bertz CT molecular complexity index is 716. The second-order valence-corrected chi connectivity index (χ2v) is 9.09. The van der Waals surface area contributed by atoms with Gasteiger partial charge in [-0.05, 0) is 64.1 Å². The number of rotatable bonds is 3. The van der Waals surface area contributed by atoms with E-state index in [1.54, 1.807) is 0 Å². The highest BCUT2D eigenvalue weighted by molar-refractivity contribution is 5.99. The quantitative estimate of drug-likeness (QED) is 0.802. The van der Waals surface area contributed by atoms with Crippen LogP contribution in [0.2, 0.25) is 0 Å². The first-order valence-corrected chi connectivity index (χ1v) is 11.0. The number of amides is 1. The number of anilines is 2. The maximum atomic E-state index is 13.1. The molecular weight excluding hydrogens is 352 g/mol. The number of aromatic nitrogens is 1. The molecule has 4 aliphatic rings. The van der Waals surface area contributed by atoms with Crippen LogP contribution in [-0.2, 0) is 9.53 Å².